The molecular formula is C24H19F4N3O3S. The molecule has 1 N–H and O–H groups in total. The lowest BCUT2D eigenvalue weighted by molar-refractivity contribution is -0.173. The lowest BCUT2D eigenvalue weighted by Gasteiger charge is -2.46. The van der Waals surface area contributed by atoms with Gasteiger partial charge in [-0.2, -0.15) is 13.2 Å². The Balaban J connectivity index is 1.79. The van der Waals surface area contributed by atoms with Gasteiger partial charge in [-0.15, -0.1) is 11.8 Å². The highest BCUT2D eigenvalue weighted by atomic mass is 32.2. The van der Waals surface area contributed by atoms with Crippen molar-refractivity contribution in [1.29, 1.82) is 0 Å². The van der Waals surface area contributed by atoms with Crippen LogP contribution >= 0.6 is 11.8 Å². The first-order valence-corrected chi connectivity index (χ1v) is 11.7. The normalized spacial score (nSPS) is 18.4. The summed E-state index contributed by atoms with van der Waals surface area (Å²) in [5.74, 6) is -2.05. The predicted molar refractivity (Wildman–Crippen MR) is 121 cm³/mol. The van der Waals surface area contributed by atoms with E-state index in [1.165, 1.54) is 39.8 Å². The van der Waals surface area contributed by atoms with Gasteiger partial charge in [-0.25, -0.2) is 4.39 Å². The van der Waals surface area contributed by atoms with Crippen molar-refractivity contribution in [2.45, 2.75) is 35.8 Å². The molecule has 11 heteroatoms. The van der Waals surface area contributed by atoms with Crippen LogP contribution in [0.25, 0.3) is 0 Å². The summed E-state index contributed by atoms with van der Waals surface area (Å²) in [4.78, 5) is 26.6. The van der Waals surface area contributed by atoms with Crippen LogP contribution in [0.2, 0.25) is 0 Å². The number of aromatic nitrogens is 1. The van der Waals surface area contributed by atoms with E-state index in [2.05, 4.69) is 0 Å². The maximum Gasteiger partial charge on any atom is 0.408 e. The molecule has 182 valence electrons. The molecule has 0 bridgehead atoms. The number of alkyl halides is 3. The average Bonchev–Trinajstić information content (AvgIpc) is 2.97. The van der Waals surface area contributed by atoms with Crippen molar-refractivity contribution < 1.29 is 27.5 Å². The van der Waals surface area contributed by atoms with Crippen molar-refractivity contribution in [3.63, 3.8) is 0 Å². The highest BCUT2D eigenvalue weighted by Crippen LogP contribution is 2.43. The molecule has 5 rings (SSSR count). The number of fused-ring (bicyclic) bond motifs is 3. The number of aromatic hydroxyl groups is 1. The van der Waals surface area contributed by atoms with Crippen molar-refractivity contribution in [3.8, 4) is 5.75 Å². The first kappa shape index (κ1) is 23.3. The SMILES string of the molecule is CC(N1CN([C@H]2c3ccccc3CSc3ccc(F)cc32)n2ccc(=O)c(O)c2C1=O)C(F)(F)F. The first-order valence-electron chi connectivity index (χ1n) is 10.7. The number of carbonyl (C=O) groups is 1. The molecule has 3 aromatic rings. The fraction of sp³-hybridized carbons (Fsp3) is 0.250. The molecular weight excluding hydrogens is 486 g/mol. The molecule has 2 aromatic carbocycles. The summed E-state index contributed by atoms with van der Waals surface area (Å²) in [6.45, 7) is 0.322. The minimum absolute atomic E-state index is 0.498. The Labute approximate surface area is 201 Å². The van der Waals surface area contributed by atoms with E-state index in [0.717, 1.165) is 23.4 Å². The summed E-state index contributed by atoms with van der Waals surface area (Å²) in [5, 5.41) is 11.9. The van der Waals surface area contributed by atoms with Gasteiger partial charge in [-0.1, -0.05) is 24.3 Å². The molecule has 6 nitrogen and oxygen atoms in total. The van der Waals surface area contributed by atoms with E-state index in [9.17, 15) is 32.3 Å². The number of nitrogens with zero attached hydrogens (tertiary/aromatic N) is 3. The third-order valence-corrected chi connectivity index (χ3v) is 7.47. The molecule has 2 aliphatic heterocycles. The summed E-state index contributed by atoms with van der Waals surface area (Å²) in [6, 6.07) is 9.56. The van der Waals surface area contributed by atoms with E-state index >= 15 is 0 Å². The van der Waals surface area contributed by atoms with Crippen LogP contribution in [0.5, 0.6) is 5.75 Å². The van der Waals surface area contributed by atoms with E-state index in [1.54, 1.807) is 18.2 Å². The van der Waals surface area contributed by atoms with Crippen LogP contribution in [0.1, 0.15) is 40.1 Å². The highest BCUT2D eigenvalue weighted by Gasteiger charge is 2.47. The number of rotatable bonds is 2. The number of hydrogen-bond donors (Lipinski definition) is 1. The van der Waals surface area contributed by atoms with Crippen LogP contribution < -0.4 is 10.4 Å². The molecule has 0 saturated heterocycles. The molecule has 0 spiro atoms. The van der Waals surface area contributed by atoms with Gasteiger partial charge in [0.15, 0.2) is 11.4 Å². The topological polar surface area (TPSA) is 65.8 Å². The highest BCUT2D eigenvalue weighted by molar-refractivity contribution is 7.98. The van der Waals surface area contributed by atoms with E-state index in [-0.39, 0.29) is 0 Å². The van der Waals surface area contributed by atoms with Gasteiger partial charge < -0.3 is 10.0 Å². The zero-order valence-electron chi connectivity index (χ0n) is 18.3. The van der Waals surface area contributed by atoms with Crippen LogP contribution in [-0.2, 0) is 5.75 Å². The van der Waals surface area contributed by atoms with Gasteiger partial charge in [-0.05, 0) is 41.8 Å². The molecule has 0 aliphatic carbocycles. The van der Waals surface area contributed by atoms with E-state index < -0.39 is 53.5 Å². The van der Waals surface area contributed by atoms with E-state index in [0.29, 0.717) is 21.8 Å². The minimum Gasteiger partial charge on any atom is -0.502 e. The lowest BCUT2D eigenvalue weighted by atomic mass is 9.94. The fourth-order valence-corrected chi connectivity index (χ4v) is 5.55. The van der Waals surface area contributed by atoms with Gasteiger partial charge in [0, 0.05) is 22.9 Å². The van der Waals surface area contributed by atoms with Crippen molar-refractivity contribution in [1.82, 2.24) is 9.58 Å². The van der Waals surface area contributed by atoms with Crippen LogP contribution in [0.3, 0.4) is 0 Å². The molecule has 0 fully saturated rings. The molecule has 1 amide bonds. The fourth-order valence-electron chi connectivity index (χ4n) is 4.48. The van der Waals surface area contributed by atoms with Crippen LogP contribution in [-0.4, -0.2) is 39.5 Å². The second-order valence-corrected chi connectivity index (χ2v) is 9.38. The Bertz CT molecular complexity index is 1390. The van der Waals surface area contributed by atoms with Crippen molar-refractivity contribution in [2.75, 3.05) is 11.7 Å². The molecule has 0 radical (unpaired) electrons. The van der Waals surface area contributed by atoms with Gasteiger partial charge >= 0.3 is 6.18 Å². The van der Waals surface area contributed by atoms with Crippen molar-refractivity contribution >= 4 is 17.7 Å². The third-order valence-electron chi connectivity index (χ3n) is 6.33. The van der Waals surface area contributed by atoms with E-state index in [4.69, 9.17) is 0 Å². The van der Waals surface area contributed by atoms with Crippen LogP contribution in [0, 0.1) is 5.82 Å². The third kappa shape index (κ3) is 3.83. The smallest absolute Gasteiger partial charge is 0.408 e. The maximum atomic E-state index is 14.5. The Hall–Kier alpha value is -3.47. The minimum atomic E-state index is -4.75. The van der Waals surface area contributed by atoms with Gasteiger partial charge in [-0.3, -0.25) is 19.3 Å². The zero-order valence-corrected chi connectivity index (χ0v) is 19.1. The monoisotopic (exact) mass is 505 g/mol. The average molecular weight is 505 g/mol. The summed E-state index contributed by atoms with van der Waals surface area (Å²) in [5.41, 5.74) is 0.625. The number of hydrogen-bond acceptors (Lipinski definition) is 5. The quantitative estimate of drug-likeness (QED) is 0.524. The molecule has 2 aliphatic rings. The van der Waals surface area contributed by atoms with Crippen LogP contribution in [0.15, 0.2) is 64.4 Å². The molecule has 2 atom stereocenters. The number of amides is 1. The van der Waals surface area contributed by atoms with Crippen molar-refractivity contribution in [2.24, 2.45) is 0 Å². The Morgan fingerprint density at radius 1 is 1.09 bits per heavy atom. The van der Waals surface area contributed by atoms with Gasteiger partial charge in [0.05, 0.1) is 6.04 Å². The largest absolute Gasteiger partial charge is 0.502 e. The lowest BCUT2D eigenvalue weighted by Crippen LogP contribution is -2.60. The standard InChI is InChI=1S/C24H19F4N3O3S/c1-13(24(26,27)28)29-12-31(30-9-8-18(32)22(33)21(30)23(29)34)20-16-5-3-2-4-14(16)11-35-19-7-6-15(25)10-17(19)20/h2-10,13,20,33H,11-12H2,1H3/t13?,20-/m0/s1. The first-order chi connectivity index (χ1) is 16.6. The van der Waals surface area contributed by atoms with Crippen molar-refractivity contribution in [3.05, 3.63) is 93.2 Å². The number of thioether (sulfide) groups is 1. The molecule has 1 unspecified atom stereocenters. The Morgan fingerprint density at radius 2 is 1.83 bits per heavy atom. The molecule has 35 heavy (non-hydrogen) atoms. The number of pyridine rings is 1. The Kier molecular flexibility index (Phi) is 5.54. The van der Waals surface area contributed by atoms with Crippen LogP contribution in [0.4, 0.5) is 17.6 Å². The van der Waals surface area contributed by atoms with Gasteiger partial charge in [0.25, 0.3) is 5.91 Å². The van der Waals surface area contributed by atoms with Gasteiger partial charge in [0.1, 0.15) is 18.5 Å². The molecule has 0 saturated carbocycles. The number of benzene rings is 2. The summed E-state index contributed by atoms with van der Waals surface area (Å²) < 4.78 is 56.8. The predicted octanol–water partition coefficient (Wildman–Crippen LogP) is 4.39. The molecule has 3 heterocycles. The maximum absolute atomic E-state index is 14.5. The second-order valence-electron chi connectivity index (χ2n) is 8.37. The summed E-state index contributed by atoms with van der Waals surface area (Å²) >= 11 is 1.46. The Morgan fingerprint density at radius 3 is 2.57 bits per heavy atom. The second kappa shape index (κ2) is 8.33. The van der Waals surface area contributed by atoms with E-state index in [1.807, 2.05) is 12.1 Å². The molecule has 1 aromatic heterocycles. The zero-order chi connectivity index (χ0) is 25.1. The number of carbonyl (C=O) groups excluding carboxylic acids is 1. The van der Waals surface area contributed by atoms with Gasteiger partial charge in [0.2, 0.25) is 5.43 Å². The summed E-state index contributed by atoms with van der Waals surface area (Å²) in [6.07, 6.45) is -3.51. The number of halogens is 4. The summed E-state index contributed by atoms with van der Waals surface area (Å²) in [7, 11) is 0.